The summed E-state index contributed by atoms with van der Waals surface area (Å²) < 4.78 is 9.57. The number of carbonyl (C=O) groups is 4. The molecule has 4 amide bonds. The second-order valence-electron chi connectivity index (χ2n) is 16.1. The number of aromatic amines is 1. The highest BCUT2D eigenvalue weighted by Gasteiger charge is 2.40. The van der Waals surface area contributed by atoms with Crippen molar-refractivity contribution in [3.63, 3.8) is 0 Å². The molecule has 4 aliphatic rings. The Morgan fingerprint density at radius 3 is 2.07 bits per heavy atom. The second-order valence-corrected chi connectivity index (χ2v) is 17.9. The Labute approximate surface area is 352 Å². The molecule has 58 heavy (non-hydrogen) atoms. The van der Waals surface area contributed by atoms with E-state index in [-0.39, 0.29) is 35.7 Å². The quantitative estimate of drug-likeness (QED) is 0.174. The topological polar surface area (TPSA) is 158 Å². The predicted octanol–water partition coefficient (Wildman–Crippen LogP) is 8.12. The van der Waals surface area contributed by atoms with Gasteiger partial charge < -0.3 is 34.9 Å². The maximum absolute atomic E-state index is 13.7. The van der Waals surface area contributed by atoms with Crippen LogP contribution < -0.4 is 10.6 Å². The minimum Gasteiger partial charge on any atom is -0.453 e. The lowest BCUT2D eigenvalue weighted by Gasteiger charge is -2.31. The highest BCUT2D eigenvalue weighted by molar-refractivity contribution is 7.16. The molecule has 2 saturated heterocycles. The fourth-order valence-electron chi connectivity index (χ4n) is 8.66. The van der Waals surface area contributed by atoms with Crippen LogP contribution in [0.3, 0.4) is 0 Å². The van der Waals surface area contributed by atoms with Crippen molar-refractivity contribution in [2.45, 2.75) is 103 Å². The fourth-order valence-corrected chi connectivity index (χ4v) is 10.6. The second kappa shape index (κ2) is 17.4. The van der Waals surface area contributed by atoms with E-state index < -0.39 is 24.3 Å². The van der Waals surface area contributed by atoms with Crippen LogP contribution in [-0.2, 0) is 31.9 Å². The Balaban J connectivity index is 1.09. The molecular formula is C42H51Cl2N7O6S. The molecule has 7 rings (SSSR count). The molecule has 310 valence electrons. The van der Waals surface area contributed by atoms with Gasteiger partial charge in [-0.3, -0.25) is 9.59 Å². The van der Waals surface area contributed by atoms with Gasteiger partial charge in [-0.05, 0) is 85.6 Å². The first-order valence-electron chi connectivity index (χ1n) is 20.1. The van der Waals surface area contributed by atoms with Crippen molar-refractivity contribution in [1.29, 1.82) is 0 Å². The molecule has 2 aromatic heterocycles. The summed E-state index contributed by atoms with van der Waals surface area (Å²) in [5, 5.41) is 6.29. The zero-order valence-electron chi connectivity index (χ0n) is 33.7. The van der Waals surface area contributed by atoms with Gasteiger partial charge in [0.2, 0.25) is 11.8 Å². The molecule has 3 N–H and O–H groups in total. The van der Waals surface area contributed by atoms with Gasteiger partial charge in [0.05, 0.1) is 26.3 Å². The van der Waals surface area contributed by atoms with Gasteiger partial charge >= 0.3 is 12.2 Å². The summed E-state index contributed by atoms with van der Waals surface area (Å²) in [6.07, 6.45) is 5.23. The number of benzene rings is 1. The van der Waals surface area contributed by atoms with Gasteiger partial charge in [0.1, 0.15) is 33.9 Å². The van der Waals surface area contributed by atoms with Crippen molar-refractivity contribution in [3.05, 3.63) is 56.4 Å². The number of rotatable bonds is 10. The molecule has 5 heterocycles. The SMILES string of the molecule is COC(=O)N[C@H](C(=O)N1CCC[C@H]1C1=NC(Cl)=C(c2cc3c(s2)-c2ccc(-c4nc([C@@H]5CCCN5C(=O)[C@@H](NC(=O)OC)C(C)C)[nH]c4Cl)cc2CCC3)C1)C(C)C. The van der Waals surface area contributed by atoms with E-state index in [9.17, 15) is 19.2 Å². The Morgan fingerprint density at radius 1 is 0.845 bits per heavy atom. The van der Waals surface area contributed by atoms with Crippen LogP contribution in [-0.4, -0.2) is 94.9 Å². The minimum atomic E-state index is -0.727. The van der Waals surface area contributed by atoms with E-state index in [4.69, 9.17) is 42.7 Å². The third-order valence-electron chi connectivity index (χ3n) is 11.7. The highest BCUT2D eigenvalue weighted by Crippen LogP contribution is 2.46. The van der Waals surface area contributed by atoms with Gasteiger partial charge in [-0.25, -0.2) is 19.6 Å². The number of ether oxygens (including phenoxy) is 2. The molecule has 0 radical (unpaired) electrons. The van der Waals surface area contributed by atoms with Crippen molar-refractivity contribution < 1.29 is 28.7 Å². The number of H-pyrrole nitrogens is 1. The number of imidazole rings is 1. The zero-order valence-corrected chi connectivity index (χ0v) is 36.1. The van der Waals surface area contributed by atoms with Crippen LogP contribution in [0.1, 0.15) is 94.1 Å². The van der Waals surface area contributed by atoms with Crippen LogP contribution in [0.2, 0.25) is 5.15 Å². The maximum atomic E-state index is 13.7. The number of likely N-dealkylation sites (tertiary alicyclic amines) is 2. The molecule has 4 atom stereocenters. The summed E-state index contributed by atoms with van der Waals surface area (Å²) in [5.41, 5.74) is 7.03. The van der Waals surface area contributed by atoms with Crippen molar-refractivity contribution in [3.8, 4) is 21.7 Å². The number of allylic oxidation sites excluding steroid dienone is 1. The van der Waals surface area contributed by atoms with Crippen molar-refractivity contribution in [1.82, 2.24) is 30.4 Å². The highest BCUT2D eigenvalue weighted by atomic mass is 35.5. The van der Waals surface area contributed by atoms with Crippen LogP contribution in [0.4, 0.5) is 9.59 Å². The van der Waals surface area contributed by atoms with Crippen LogP contribution in [0.25, 0.3) is 27.3 Å². The summed E-state index contributed by atoms with van der Waals surface area (Å²) in [6, 6.07) is 6.72. The average Bonchev–Trinajstić information content (AvgIpc) is 4.05. The number of nitrogens with one attached hydrogen (secondary N) is 3. The number of hydrogen-bond acceptors (Lipinski definition) is 9. The fraction of sp³-hybridized carbons (Fsp3) is 0.524. The van der Waals surface area contributed by atoms with E-state index in [1.165, 1.54) is 35.8 Å². The Bertz CT molecular complexity index is 2160. The Morgan fingerprint density at radius 2 is 1.45 bits per heavy atom. The van der Waals surface area contributed by atoms with Crippen LogP contribution in [0.15, 0.2) is 34.4 Å². The summed E-state index contributed by atoms with van der Waals surface area (Å²) >= 11 is 15.5. The summed E-state index contributed by atoms with van der Waals surface area (Å²) in [7, 11) is 2.58. The molecule has 3 aromatic rings. The van der Waals surface area contributed by atoms with E-state index in [1.54, 1.807) is 16.2 Å². The van der Waals surface area contributed by atoms with Crippen LogP contribution >= 0.6 is 34.5 Å². The number of nitrogens with zero attached hydrogens (tertiary/aromatic N) is 4. The number of fused-ring (bicyclic) bond motifs is 3. The normalized spacial score (nSPS) is 20.1. The summed E-state index contributed by atoms with van der Waals surface area (Å²) in [4.78, 5) is 70.5. The number of methoxy groups -OCH3 is 2. The molecule has 0 saturated carbocycles. The zero-order chi connectivity index (χ0) is 41.4. The van der Waals surface area contributed by atoms with Crippen molar-refractivity contribution >= 4 is 69.8 Å². The van der Waals surface area contributed by atoms with Crippen LogP contribution in [0.5, 0.6) is 0 Å². The monoisotopic (exact) mass is 851 g/mol. The lowest BCUT2D eigenvalue weighted by atomic mass is 9.99. The minimum absolute atomic E-state index is 0.119. The standard InChI is InChI=1S/C42H51Cl2N7O6S/c1-21(2)32(47-41(54)56-5)39(52)50-16-8-12-29(50)28-20-27(36(43)45-28)31-19-25-11-7-10-23-18-24(14-15-26(23)35(25)58-31)34-37(44)49-38(46-34)30-13-9-17-51(30)40(53)33(22(3)4)48-42(55)57-6/h14-15,18-19,21-22,29-30,32-33H,7-13,16-17,20H2,1-6H3,(H,46,49)(H,47,54)(H,48,55)/t29-,30-,32-,33-/m0/s1. The van der Waals surface area contributed by atoms with Gasteiger partial charge in [0, 0.05) is 46.1 Å². The van der Waals surface area contributed by atoms with E-state index in [1.807, 2.05) is 32.6 Å². The summed E-state index contributed by atoms with van der Waals surface area (Å²) in [6.45, 7) is 8.74. The molecule has 0 bridgehead atoms. The third-order valence-corrected chi connectivity index (χ3v) is 13.6. The number of halogens is 2. The number of aryl methyl sites for hydroxylation is 2. The predicted molar refractivity (Wildman–Crippen MR) is 226 cm³/mol. The molecule has 13 nitrogen and oxygen atoms in total. The van der Waals surface area contributed by atoms with Gasteiger partial charge in [-0.15, -0.1) is 11.3 Å². The molecular weight excluding hydrogens is 801 g/mol. The van der Waals surface area contributed by atoms with E-state index >= 15 is 0 Å². The van der Waals surface area contributed by atoms with Crippen molar-refractivity contribution in [2.75, 3.05) is 27.3 Å². The van der Waals surface area contributed by atoms with E-state index in [2.05, 4.69) is 39.9 Å². The molecule has 3 aliphatic heterocycles. The van der Waals surface area contributed by atoms with Gasteiger partial charge in [0.25, 0.3) is 0 Å². The molecule has 0 spiro atoms. The first-order valence-corrected chi connectivity index (χ1v) is 21.6. The van der Waals surface area contributed by atoms with E-state index in [0.29, 0.717) is 41.3 Å². The average molecular weight is 853 g/mol. The first kappa shape index (κ1) is 41.7. The van der Waals surface area contributed by atoms with Gasteiger partial charge in [0.15, 0.2) is 0 Å². The van der Waals surface area contributed by atoms with Crippen LogP contribution in [0, 0.1) is 11.8 Å². The number of thiophene rings is 1. The van der Waals surface area contributed by atoms with E-state index in [0.717, 1.165) is 66.7 Å². The Hall–Kier alpha value is -4.40. The molecule has 1 aromatic carbocycles. The first-order chi connectivity index (χ1) is 27.8. The lowest BCUT2D eigenvalue weighted by Crippen LogP contribution is -2.53. The molecule has 16 heteroatoms. The van der Waals surface area contributed by atoms with Gasteiger partial charge in [-0.1, -0.05) is 63.0 Å². The number of amides is 4. The molecule has 2 fully saturated rings. The number of carbonyl (C=O) groups excluding carboxylic acids is 4. The number of aromatic nitrogens is 2. The lowest BCUT2D eigenvalue weighted by molar-refractivity contribution is -0.135. The Kier molecular flexibility index (Phi) is 12.6. The maximum Gasteiger partial charge on any atom is 0.407 e. The number of hydrogen-bond donors (Lipinski definition) is 3. The summed E-state index contributed by atoms with van der Waals surface area (Å²) in [5.74, 6) is 0.0555. The molecule has 1 aliphatic carbocycles. The third kappa shape index (κ3) is 8.24. The van der Waals surface area contributed by atoms with Gasteiger partial charge in [-0.2, -0.15) is 0 Å². The largest absolute Gasteiger partial charge is 0.453 e. The number of alkyl carbamates (subject to hydrolysis) is 2. The number of aliphatic imine (C=N–C) groups is 1. The smallest absolute Gasteiger partial charge is 0.407 e. The molecule has 0 unspecified atom stereocenters. The van der Waals surface area contributed by atoms with Crippen molar-refractivity contribution in [2.24, 2.45) is 16.8 Å².